The summed E-state index contributed by atoms with van der Waals surface area (Å²) in [6.45, 7) is 3.96. The minimum absolute atomic E-state index is 0.0788. The molecular formula is C21H25N3O4S. The Morgan fingerprint density at radius 3 is 2.90 bits per heavy atom. The van der Waals surface area contributed by atoms with Gasteiger partial charge in [0.2, 0.25) is 11.8 Å². The summed E-state index contributed by atoms with van der Waals surface area (Å²) in [4.78, 5) is 31.0. The van der Waals surface area contributed by atoms with Gasteiger partial charge in [0.05, 0.1) is 12.5 Å². The van der Waals surface area contributed by atoms with Gasteiger partial charge in [0.1, 0.15) is 18.2 Å². The van der Waals surface area contributed by atoms with Gasteiger partial charge in [-0.25, -0.2) is 4.98 Å². The Morgan fingerprint density at radius 2 is 2.14 bits per heavy atom. The maximum absolute atomic E-state index is 13.0. The van der Waals surface area contributed by atoms with Gasteiger partial charge in [0.15, 0.2) is 11.5 Å². The zero-order valence-corrected chi connectivity index (χ0v) is 17.2. The molecular weight excluding hydrogens is 390 g/mol. The number of aromatic nitrogens is 1. The van der Waals surface area contributed by atoms with Gasteiger partial charge in [0.25, 0.3) is 0 Å². The number of carbonyl (C=O) groups is 2. The van der Waals surface area contributed by atoms with Gasteiger partial charge in [-0.1, -0.05) is 6.07 Å². The Morgan fingerprint density at radius 1 is 1.31 bits per heavy atom. The second kappa shape index (κ2) is 8.82. The number of nitrogens with zero attached hydrogens (tertiary/aromatic N) is 2. The lowest BCUT2D eigenvalue weighted by Gasteiger charge is -2.36. The van der Waals surface area contributed by atoms with E-state index in [9.17, 15) is 9.59 Å². The predicted molar refractivity (Wildman–Crippen MR) is 109 cm³/mol. The highest BCUT2D eigenvalue weighted by atomic mass is 32.1. The molecule has 7 nitrogen and oxygen atoms in total. The number of fused-ring (bicyclic) bond motifs is 1. The first-order valence-corrected chi connectivity index (χ1v) is 10.8. The molecule has 4 rings (SSSR count). The van der Waals surface area contributed by atoms with Crippen LogP contribution in [0.1, 0.15) is 36.4 Å². The number of thiazole rings is 1. The highest BCUT2D eigenvalue weighted by Gasteiger charge is 2.32. The van der Waals surface area contributed by atoms with Crippen molar-refractivity contribution in [2.24, 2.45) is 5.92 Å². The first kappa shape index (κ1) is 19.7. The third kappa shape index (κ3) is 4.70. The van der Waals surface area contributed by atoms with Gasteiger partial charge in [-0.15, -0.1) is 11.3 Å². The average Bonchev–Trinajstić information content (AvgIpc) is 3.26. The van der Waals surface area contributed by atoms with E-state index in [1.54, 1.807) is 6.20 Å². The second-order valence-corrected chi connectivity index (χ2v) is 8.37. The van der Waals surface area contributed by atoms with Crippen molar-refractivity contribution in [2.75, 3.05) is 26.3 Å². The van der Waals surface area contributed by atoms with E-state index in [1.165, 1.54) is 18.3 Å². The summed E-state index contributed by atoms with van der Waals surface area (Å²) >= 11 is 1.54. The molecule has 3 heterocycles. The van der Waals surface area contributed by atoms with Crippen LogP contribution in [0.25, 0.3) is 0 Å². The lowest BCUT2D eigenvalue weighted by Crippen LogP contribution is -2.45. The number of hydrogen-bond acceptors (Lipinski definition) is 6. The van der Waals surface area contributed by atoms with Gasteiger partial charge in [-0.3, -0.25) is 9.59 Å². The number of ether oxygens (including phenoxy) is 2. The summed E-state index contributed by atoms with van der Waals surface area (Å²) in [5.74, 6) is 1.60. The number of piperidine rings is 1. The summed E-state index contributed by atoms with van der Waals surface area (Å²) < 4.78 is 11.2. The molecule has 1 aromatic heterocycles. The second-order valence-electron chi connectivity index (χ2n) is 7.45. The molecule has 2 atom stereocenters. The molecule has 2 amide bonds. The zero-order valence-electron chi connectivity index (χ0n) is 16.4. The molecule has 2 aromatic rings. The largest absolute Gasteiger partial charge is 0.486 e. The van der Waals surface area contributed by atoms with Gasteiger partial charge in [-0.05, 0) is 30.5 Å². The molecule has 0 saturated carbocycles. The smallest absolute Gasteiger partial charge is 0.227 e. The van der Waals surface area contributed by atoms with E-state index in [0.29, 0.717) is 31.9 Å². The predicted octanol–water partition coefficient (Wildman–Crippen LogP) is 2.57. The van der Waals surface area contributed by atoms with Crippen LogP contribution in [0, 0.1) is 5.92 Å². The Kier molecular flexibility index (Phi) is 5.99. The molecule has 29 heavy (non-hydrogen) atoms. The average molecular weight is 416 g/mol. The molecule has 1 aromatic carbocycles. The summed E-state index contributed by atoms with van der Waals surface area (Å²) in [5.41, 5.74) is 0.916. The molecule has 0 spiro atoms. The fourth-order valence-corrected chi connectivity index (χ4v) is 4.76. The SMILES string of the molecule is CC(=O)N[C@@H](c1nccs1)[C@@H]1CCCN(C(=O)Cc2ccc3c(c2)OCCO3)C1. The van der Waals surface area contributed by atoms with Crippen molar-refractivity contribution in [1.82, 2.24) is 15.2 Å². The van der Waals surface area contributed by atoms with Crippen LogP contribution in [0.4, 0.5) is 0 Å². The minimum atomic E-state index is -0.155. The standard InChI is InChI=1S/C21H25N3O4S/c1-14(25)23-20(21-22-6-10-29-21)16-3-2-7-24(13-16)19(26)12-15-4-5-17-18(11-15)28-9-8-27-17/h4-6,10-11,16,20H,2-3,7-9,12-13H2,1H3,(H,23,25)/t16-,20-/m1/s1. The first-order valence-electron chi connectivity index (χ1n) is 9.93. The van der Waals surface area contributed by atoms with E-state index in [2.05, 4.69) is 10.3 Å². The Balaban J connectivity index is 1.43. The number of carbonyl (C=O) groups excluding carboxylic acids is 2. The summed E-state index contributed by atoms with van der Waals surface area (Å²) in [6.07, 6.45) is 3.95. The van der Waals surface area contributed by atoms with Crippen LogP contribution in [0.15, 0.2) is 29.8 Å². The number of nitrogens with one attached hydrogen (secondary N) is 1. The first-order chi connectivity index (χ1) is 14.1. The van der Waals surface area contributed by atoms with Gasteiger partial charge in [0, 0.05) is 37.5 Å². The van der Waals surface area contributed by atoms with Crippen molar-refractivity contribution in [3.8, 4) is 11.5 Å². The van der Waals surface area contributed by atoms with E-state index < -0.39 is 0 Å². The third-order valence-corrected chi connectivity index (χ3v) is 6.18. The van der Waals surface area contributed by atoms with Crippen LogP contribution < -0.4 is 14.8 Å². The lowest BCUT2D eigenvalue weighted by atomic mass is 9.90. The van der Waals surface area contributed by atoms with Crippen LogP contribution in [0.5, 0.6) is 11.5 Å². The van der Waals surface area contributed by atoms with E-state index in [4.69, 9.17) is 9.47 Å². The number of benzene rings is 1. The van der Waals surface area contributed by atoms with Crippen molar-refractivity contribution in [3.05, 3.63) is 40.3 Å². The quantitative estimate of drug-likeness (QED) is 0.812. The fourth-order valence-electron chi connectivity index (χ4n) is 3.98. The van der Waals surface area contributed by atoms with Gasteiger partial charge >= 0.3 is 0 Å². The normalized spacial score (nSPS) is 19.5. The number of hydrogen-bond donors (Lipinski definition) is 1. The van der Waals surface area contributed by atoms with Gasteiger partial charge < -0.3 is 19.7 Å². The lowest BCUT2D eigenvalue weighted by molar-refractivity contribution is -0.132. The van der Waals surface area contributed by atoms with E-state index >= 15 is 0 Å². The molecule has 154 valence electrons. The Labute approximate surface area is 174 Å². The molecule has 1 fully saturated rings. The third-order valence-electron chi connectivity index (χ3n) is 5.32. The summed E-state index contributed by atoms with van der Waals surface area (Å²) in [7, 11) is 0. The van der Waals surface area contributed by atoms with E-state index in [1.807, 2.05) is 28.5 Å². The number of likely N-dealkylation sites (tertiary alicyclic amines) is 1. The minimum Gasteiger partial charge on any atom is -0.486 e. The van der Waals surface area contributed by atoms with Crippen LogP contribution in [-0.2, 0) is 16.0 Å². The van der Waals surface area contributed by atoms with Crippen molar-refractivity contribution >= 4 is 23.2 Å². The molecule has 8 heteroatoms. The zero-order chi connectivity index (χ0) is 20.2. The van der Waals surface area contributed by atoms with Crippen LogP contribution in [-0.4, -0.2) is 48.0 Å². The molecule has 1 N–H and O–H groups in total. The van der Waals surface area contributed by atoms with Crippen molar-refractivity contribution in [2.45, 2.75) is 32.2 Å². The monoisotopic (exact) mass is 415 g/mol. The molecule has 0 radical (unpaired) electrons. The molecule has 0 bridgehead atoms. The van der Waals surface area contributed by atoms with Gasteiger partial charge in [-0.2, -0.15) is 0 Å². The molecule has 0 aliphatic carbocycles. The molecule has 1 saturated heterocycles. The molecule has 2 aliphatic rings. The highest BCUT2D eigenvalue weighted by molar-refractivity contribution is 7.09. The van der Waals surface area contributed by atoms with Crippen LogP contribution in [0.3, 0.4) is 0 Å². The van der Waals surface area contributed by atoms with E-state index in [-0.39, 0.29) is 23.8 Å². The Bertz CT molecular complexity index is 871. The van der Waals surface area contributed by atoms with E-state index in [0.717, 1.165) is 35.7 Å². The van der Waals surface area contributed by atoms with Crippen LogP contribution in [0.2, 0.25) is 0 Å². The van der Waals surface area contributed by atoms with Crippen LogP contribution >= 0.6 is 11.3 Å². The maximum atomic E-state index is 13.0. The molecule has 0 unspecified atom stereocenters. The van der Waals surface area contributed by atoms with Crippen molar-refractivity contribution in [3.63, 3.8) is 0 Å². The topological polar surface area (TPSA) is 80.8 Å². The Hall–Kier alpha value is -2.61. The summed E-state index contributed by atoms with van der Waals surface area (Å²) in [6, 6.07) is 5.52. The highest BCUT2D eigenvalue weighted by Crippen LogP contribution is 2.33. The fraction of sp³-hybridized carbons (Fsp3) is 0.476. The molecule has 2 aliphatic heterocycles. The maximum Gasteiger partial charge on any atom is 0.227 e. The summed E-state index contributed by atoms with van der Waals surface area (Å²) in [5, 5.41) is 5.85. The van der Waals surface area contributed by atoms with Crippen molar-refractivity contribution in [1.29, 1.82) is 0 Å². The van der Waals surface area contributed by atoms with Crippen molar-refractivity contribution < 1.29 is 19.1 Å². The number of rotatable bonds is 5. The number of amides is 2.